The van der Waals surface area contributed by atoms with Gasteiger partial charge in [0.25, 0.3) is 0 Å². The Hall–Kier alpha value is -2.11. The predicted octanol–water partition coefficient (Wildman–Crippen LogP) is 3.51. The van der Waals surface area contributed by atoms with Crippen LogP contribution in [0.3, 0.4) is 0 Å². The second kappa shape index (κ2) is 5.90. The summed E-state index contributed by atoms with van der Waals surface area (Å²) in [5, 5.41) is 15.2. The van der Waals surface area contributed by atoms with Gasteiger partial charge in [0.05, 0.1) is 6.54 Å². The molecule has 0 spiro atoms. The smallest absolute Gasteiger partial charge is 0.129 e. The Morgan fingerprint density at radius 2 is 2.10 bits per heavy atom. The Balaban J connectivity index is 1.70. The maximum absolute atomic E-state index is 8.96. The van der Waals surface area contributed by atoms with Crippen molar-refractivity contribution in [2.24, 2.45) is 0 Å². The molecule has 0 radical (unpaired) electrons. The Morgan fingerprint density at radius 1 is 1.20 bits per heavy atom. The predicted molar refractivity (Wildman–Crippen MR) is 79.5 cm³/mol. The van der Waals surface area contributed by atoms with Crippen LogP contribution in [-0.4, -0.2) is 10.1 Å². The fraction of sp³-hybridized carbons (Fsp3) is 0.133. The van der Waals surface area contributed by atoms with Crippen molar-refractivity contribution in [1.29, 1.82) is 0 Å². The summed E-state index contributed by atoms with van der Waals surface area (Å²) >= 11 is 1.62. The Labute approximate surface area is 120 Å². The van der Waals surface area contributed by atoms with E-state index in [0.29, 0.717) is 12.3 Å². The van der Waals surface area contributed by atoms with E-state index < -0.39 is 0 Å². The van der Waals surface area contributed by atoms with Gasteiger partial charge in [0.15, 0.2) is 0 Å². The number of nitrogens with one attached hydrogen (secondary N) is 1. The third-order valence-corrected chi connectivity index (χ3v) is 3.70. The van der Waals surface area contributed by atoms with Gasteiger partial charge in [0.1, 0.15) is 23.1 Å². The number of hydrogen-bond acceptors (Lipinski definition) is 5. The minimum Gasteiger partial charge on any atom is -0.462 e. The number of thiazole rings is 1. The molecule has 2 heterocycles. The van der Waals surface area contributed by atoms with Crippen molar-refractivity contribution in [3.05, 3.63) is 59.5 Å². The number of anilines is 1. The van der Waals surface area contributed by atoms with Gasteiger partial charge in [-0.15, -0.1) is 11.3 Å². The molecule has 0 saturated carbocycles. The third-order valence-electron chi connectivity index (χ3n) is 2.88. The molecular weight excluding hydrogens is 272 g/mol. The van der Waals surface area contributed by atoms with Crippen molar-refractivity contribution < 1.29 is 9.52 Å². The molecular formula is C15H14N2O2S. The zero-order valence-corrected chi connectivity index (χ0v) is 11.6. The summed E-state index contributed by atoms with van der Waals surface area (Å²) in [5.41, 5.74) is 2.11. The second-order valence-electron chi connectivity index (χ2n) is 4.30. The number of hydrogen-bond donors (Lipinski definition) is 2. The summed E-state index contributed by atoms with van der Waals surface area (Å²) in [7, 11) is 0. The normalized spacial score (nSPS) is 10.7. The van der Waals surface area contributed by atoms with Crippen LogP contribution >= 0.6 is 11.3 Å². The van der Waals surface area contributed by atoms with Crippen LogP contribution in [0.15, 0.2) is 52.4 Å². The fourth-order valence-corrected chi connectivity index (χ4v) is 2.56. The summed E-state index contributed by atoms with van der Waals surface area (Å²) in [6.07, 6.45) is 1.80. The average molecular weight is 286 g/mol. The zero-order chi connectivity index (χ0) is 13.8. The lowest BCUT2D eigenvalue weighted by Crippen LogP contribution is -1.98. The van der Waals surface area contributed by atoms with Gasteiger partial charge in [0, 0.05) is 22.8 Å². The molecule has 0 amide bonds. The Morgan fingerprint density at radius 3 is 2.85 bits per heavy atom. The van der Waals surface area contributed by atoms with E-state index in [1.807, 2.05) is 29.6 Å². The first kappa shape index (κ1) is 12.9. The molecule has 4 nitrogen and oxygen atoms in total. The van der Waals surface area contributed by atoms with Gasteiger partial charge in [-0.25, -0.2) is 4.98 Å². The van der Waals surface area contributed by atoms with E-state index in [9.17, 15) is 0 Å². The van der Waals surface area contributed by atoms with E-state index in [1.165, 1.54) is 0 Å². The molecule has 0 aliphatic heterocycles. The van der Waals surface area contributed by atoms with E-state index in [2.05, 4.69) is 16.4 Å². The van der Waals surface area contributed by atoms with Gasteiger partial charge >= 0.3 is 0 Å². The molecule has 2 N–H and O–H groups in total. The van der Waals surface area contributed by atoms with Gasteiger partial charge in [-0.2, -0.15) is 0 Å². The first-order valence-electron chi connectivity index (χ1n) is 6.27. The number of furan rings is 1. The average Bonchev–Trinajstić information content (AvgIpc) is 3.17. The van der Waals surface area contributed by atoms with Gasteiger partial charge in [-0.05, 0) is 24.3 Å². The lowest BCUT2D eigenvalue weighted by atomic mass is 10.2. The molecule has 5 heteroatoms. The molecule has 0 aliphatic carbocycles. The van der Waals surface area contributed by atoms with Crippen LogP contribution in [0.1, 0.15) is 11.5 Å². The lowest BCUT2D eigenvalue weighted by Gasteiger charge is -2.06. The van der Waals surface area contributed by atoms with Crippen LogP contribution in [0.25, 0.3) is 10.6 Å². The number of nitrogens with zero attached hydrogens (tertiary/aromatic N) is 1. The van der Waals surface area contributed by atoms with Gasteiger partial charge in [-0.1, -0.05) is 12.1 Å². The van der Waals surface area contributed by atoms with Crippen LogP contribution in [0.4, 0.5) is 5.69 Å². The van der Waals surface area contributed by atoms with Gasteiger partial charge in [0.2, 0.25) is 0 Å². The molecule has 3 aromatic rings. The number of aliphatic hydroxyl groups excluding tert-OH is 1. The Kier molecular flexibility index (Phi) is 3.80. The summed E-state index contributed by atoms with van der Waals surface area (Å²) in [6.45, 7) is 0.515. The second-order valence-corrected chi connectivity index (χ2v) is 5.19. The number of benzene rings is 1. The highest BCUT2D eigenvalue weighted by Crippen LogP contribution is 2.24. The van der Waals surface area contributed by atoms with Crippen molar-refractivity contribution in [1.82, 2.24) is 4.98 Å². The highest BCUT2D eigenvalue weighted by Gasteiger charge is 2.03. The van der Waals surface area contributed by atoms with E-state index in [-0.39, 0.29) is 6.61 Å². The number of rotatable bonds is 5. The lowest BCUT2D eigenvalue weighted by molar-refractivity contribution is 0.244. The largest absolute Gasteiger partial charge is 0.462 e. The maximum Gasteiger partial charge on any atom is 0.129 e. The van der Waals surface area contributed by atoms with Crippen molar-refractivity contribution in [3.63, 3.8) is 0 Å². The van der Waals surface area contributed by atoms with Crippen LogP contribution in [-0.2, 0) is 13.2 Å². The molecule has 0 unspecified atom stereocenters. The van der Waals surface area contributed by atoms with Crippen LogP contribution < -0.4 is 5.32 Å². The maximum atomic E-state index is 8.96. The minimum absolute atomic E-state index is 0.0699. The van der Waals surface area contributed by atoms with Crippen LogP contribution in [0, 0.1) is 0 Å². The van der Waals surface area contributed by atoms with Gasteiger partial charge in [-0.3, -0.25) is 0 Å². The van der Waals surface area contributed by atoms with Crippen LogP contribution in [0.5, 0.6) is 0 Å². The SMILES string of the molecule is OCc1ccc(CNc2cccc(-c3nccs3)c2)o1. The van der Waals surface area contributed by atoms with E-state index in [4.69, 9.17) is 9.52 Å². The molecule has 3 rings (SSSR count). The van der Waals surface area contributed by atoms with E-state index >= 15 is 0 Å². The summed E-state index contributed by atoms with van der Waals surface area (Å²) in [4.78, 5) is 4.30. The quantitative estimate of drug-likeness (QED) is 0.753. The van der Waals surface area contributed by atoms with Crippen molar-refractivity contribution in [2.75, 3.05) is 5.32 Å². The number of aromatic nitrogens is 1. The molecule has 102 valence electrons. The molecule has 0 atom stereocenters. The molecule has 0 bridgehead atoms. The molecule has 20 heavy (non-hydrogen) atoms. The van der Waals surface area contributed by atoms with E-state index in [1.54, 1.807) is 23.6 Å². The first-order valence-corrected chi connectivity index (χ1v) is 7.15. The minimum atomic E-state index is -0.0699. The molecule has 1 aromatic carbocycles. The summed E-state index contributed by atoms with van der Waals surface area (Å²) < 4.78 is 5.43. The highest BCUT2D eigenvalue weighted by atomic mass is 32.1. The molecule has 0 saturated heterocycles. The van der Waals surface area contributed by atoms with Crippen LogP contribution in [0.2, 0.25) is 0 Å². The number of aliphatic hydroxyl groups is 1. The first-order chi connectivity index (χ1) is 9.85. The van der Waals surface area contributed by atoms with Crippen molar-refractivity contribution >= 4 is 17.0 Å². The topological polar surface area (TPSA) is 58.3 Å². The monoisotopic (exact) mass is 286 g/mol. The fourth-order valence-electron chi connectivity index (χ4n) is 1.92. The summed E-state index contributed by atoms with van der Waals surface area (Å²) in [6, 6.07) is 11.8. The zero-order valence-electron chi connectivity index (χ0n) is 10.7. The van der Waals surface area contributed by atoms with Crippen molar-refractivity contribution in [3.8, 4) is 10.6 Å². The Bertz CT molecular complexity index is 677. The third kappa shape index (κ3) is 2.89. The van der Waals surface area contributed by atoms with Crippen molar-refractivity contribution in [2.45, 2.75) is 13.2 Å². The highest BCUT2D eigenvalue weighted by molar-refractivity contribution is 7.13. The van der Waals surface area contributed by atoms with E-state index in [0.717, 1.165) is 22.0 Å². The molecule has 2 aromatic heterocycles. The molecule has 0 aliphatic rings. The summed E-state index contributed by atoms with van der Waals surface area (Å²) in [5.74, 6) is 1.38. The molecule has 0 fully saturated rings. The standard InChI is InChI=1S/C15H14N2O2S/c18-10-14-5-4-13(19-14)9-17-12-3-1-2-11(8-12)15-16-6-7-20-15/h1-8,17-18H,9-10H2. The van der Waals surface area contributed by atoms with Gasteiger partial charge < -0.3 is 14.8 Å².